The van der Waals surface area contributed by atoms with E-state index in [1.807, 2.05) is 0 Å². The summed E-state index contributed by atoms with van der Waals surface area (Å²) < 4.78 is 0. The average Bonchev–Trinajstić information content (AvgIpc) is 2.57. The molecule has 0 fully saturated rings. The molecule has 0 amide bonds. The monoisotopic (exact) mass is 303 g/mol. The molecule has 0 aliphatic heterocycles. The number of hydrogen-bond acceptors (Lipinski definition) is 1. The molecular weight excluding hydrogens is 278 g/mol. The molecule has 0 bridgehead atoms. The van der Waals surface area contributed by atoms with Crippen LogP contribution in [0.3, 0.4) is 0 Å². The van der Waals surface area contributed by atoms with Gasteiger partial charge in [0.1, 0.15) is 0 Å². The van der Waals surface area contributed by atoms with Gasteiger partial charge >= 0.3 is 0 Å². The predicted molar refractivity (Wildman–Crippen MR) is 100 cm³/mol. The van der Waals surface area contributed by atoms with Crippen molar-refractivity contribution in [2.24, 2.45) is 0 Å². The number of anilines is 2. The van der Waals surface area contributed by atoms with Crippen LogP contribution in [0.15, 0.2) is 78.9 Å². The van der Waals surface area contributed by atoms with Gasteiger partial charge in [0.2, 0.25) is 0 Å². The molecule has 0 N–H and O–H groups in total. The van der Waals surface area contributed by atoms with Gasteiger partial charge in [0.15, 0.2) is 0 Å². The van der Waals surface area contributed by atoms with E-state index in [4.69, 9.17) is 0 Å². The second kappa shape index (κ2) is 6.45. The molecule has 0 aromatic heterocycles. The van der Waals surface area contributed by atoms with Gasteiger partial charge in [0, 0.05) is 11.4 Å². The first-order valence-corrected chi connectivity index (χ1v) is 8.34. The lowest BCUT2D eigenvalue weighted by Gasteiger charge is -2.33. The van der Waals surface area contributed by atoms with Crippen LogP contribution < -0.4 is 4.90 Å². The Labute approximate surface area is 140 Å². The highest BCUT2D eigenvalue weighted by Crippen LogP contribution is 2.32. The maximum Gasteiger partial charge on any atom is 0.0559 e. The van der Waals surface area contributed by atoms with Crippen molar-refractivity contribution < 1.29 is 0 Å². The maximum absolute atomic E-state index is 2.42. The molecule has 1 unspecified atom stereocenters. The lowest BCUT2D eigenvalue weighted by Crippen LogP contribution is -2.29. The summed E-state index contributed by atoms with van der Waals surface area (Å²) in [5.74, 6) is 0. The van der Waals surface area contributed by atoms with E-state index in [1.54, 1.807) is 0 Å². The first-order valence-electron chi connectivity index (χ1n) is 8.34. The average molecular weight is 303 g/mol. The number of benzene rings is 2. The van der Waals surface area contributed by atoms with Crippen molar-refractivity contribution in [3.8, 4) is 0 Å². The van der Waals surface area contributed by atoms with Crippen molar-refractivity contribution in [2.75, 3.05) is 4.90 Å². The van der Waals surface area contributed by atoms with E-state index in [0.717, 1.165) is 6.42 Å². The highest BCUT2D eigenvalue weighted by molar-refractivity contribution is 5.65. The van der Waals surface area contributed by atoms with E-state index in [2.05, 4.69) is 105 Å². The second-order valence-corrected chi connectivity index (χ2v) is 7.12. The van der Waals surface area contributed by atoms with Gasteiger partial charge in [-0.1, -0.05) is 75.4 Å². The Morgan fingerprint density at radius 3 is 2.04 bits per heavy atom. The Hall–Kier alpha value is -2.28. The molecular formula is C22H25N. The Morgan fingerprint density at radius 1 is 0.826 bits per heavy atom. The summed E-state index contributed by atoms with van der Waals surface area (Å²) in [5, 5.41) is 0. The molecule has 1 heteroatoms. The van der Waals surface area contributed by atoms with E-state index >= 15 is 0 Å². The lowest BCUT2D eigenvalue weighted by molar-refractivity contribution is 0.590. The van der Waals surface area contributed by atoms with Crippen molar-refractivity contribution in [1.29, 1.82) is 0 Å². The van der Waals surface area contributed by atoms with Gasteiger partial charge in [-0.15, -0.1) is 0 Å². The molecule has 1 atom stereocenters. The van der Waals surface area contributed by atoms with E-state index in [0.29, 0.717) is 6.04 Å². The van der Waals surface area contributed by atoms with Crippen LogP contribution in [0.4, 0.5) is 11.4 Å². The summed E-state index contributed by atoms with van der Waals surface area (Å²) >= 11 is 0. The highest BCUT2D eigenvalue weighted by atomic mass is 15.2. The third-order valence-corrected chi connectivity index (χ3v) is 4.34. The van der Waals surface area contributed by atoms with Crippen LogP contribution in [0.5, 0.6) is 0 Å². The van der Waals surface area contributed by atoms with Crippen molar-refractivity contribution >= 4 is 11.4 Å². The first-order chi connectivity index (χ1) is 11.1. The van der Waals surface area contributed by atoms with Crippen LogP contribution in [0.2, 0.25) is 0 Å². The molecule has 0 radical (unpaired) electrons. The zero-order valence-corrected chi connectivity index (χ0v) is 14.2. The topological polar surface area (TPSA) is 3.24 Å². The Bertz CT molecular complexity index is 687. The molecule has 23 heavy (non-hydrogen) atoms. The normalized spacial score (nSPS) is 17.3. The smallest absolute Gasteiger partial charge is 0.0559 e. The van der Waals surface area contributed by atoms with Crippen LogP contribution in [0.1, 0.15) is 32.8 Å². The van der Waals surface area contributed by atoms with Crippen molar-refractivity contribution in [3.63, 3.8) is 0 Å². The lowest BCUT2D eigenvalue weighted by atomic mass is 9.87. The van der Waals surface area contributed by atoms with E-state index in [9.17, 15) is 0 Å². The highest BCUT2D eigenvalue weighted by Gasteiger charge is 2.20. The van der Waals surface area contributed by atoms with Crippen LogP contribution in [0.25, 0.3) is 0 Å². The van der Waals surface area contributed by atoms with Gasteiger partial charge in [-0.05, 0) is 41.7 Å². The number of nitrogens with zero attached hydrogens (tertiary/aromatic N) is 1. The summed E-state index contributed by atoms with van der Waals surface area (Å²) in [5.41, 5.74) is 4.03. The largest absolute Gasteiger partial charge is 0.334 e. The summed E-state index contributed by atoms with van der Waals surface area (Å²) in [6.45, 7) is 6.77. The molecule has 118 valence electrons. The zero-order chi connectivity index (χ0) is 16.3. The fourth-order valence-corrected chi connectivity index (χ4v) is 3.00. The first kappa shape index (κ1) is 15.6. The molecule has 1 nitrogen and oxygen atoms in total. The van der Waals surface area contributed by atoms with Gasteiger partial charge in [-0.25, -0.2) is 0 Å². The number of para-hydroxylation sites is 1. The molecule has 1 aliphatic carbocycles. The van der Waals surface area contributed by atoms with E-state index in [1.165, 1.54) is 16.9 Å². The van der Waals surface area contributed by atoms with Gasteiger partial charge in [-0.3, -0.25) is 0 Å². The van der Waals surface area contributed by atoms with Crippen molar-refractivity contribution in [1.82, 2.24) is 0 Å². The Morgan fingerprint density at radius 2 is 1.48 bits per heavy atom. The minimum Gasteiger partial charge on any atom is -0.334 e. The minimum absolute atomic E-state index is 0.184. The zero-order valence-electron chi connectivity index (χ0n) is 14.2. The Kier molecular flexibility index (Phi) is 4.38. The minimum atomic E-state index is 0.184. The van der Waals surface area contributed by atoms with Crippen LogP contribution in [0, 0.1) is 0 Å². The van der Waals surface area contributed by atoms with Crippen LogP contribution in [-0.2, 0) is 5.41 Å². The molecule has 3 rings (SSSR count). The van der Waals surface area contributed by atoms with E-state index in [-0.39, 0.29) is 5.41 Å². The van der Waals surface area contributed by atoms with Gasteiger partial charge in [0.25, 0.3) is 0 Å². The van der Waals surface area contributed by atoms with Crippen molar-refractivity contribution in [2.45, 2.75) is 38.6 Å². The number of hydrogen-bond donors (Lipinski definition) is 0. The maximum atomic E-state index is 2.42. The summed E-state index contributed by atoms with van der Waals surface area (Å²) in [7, 11) is 0. The fourth-order valence-electron chi connectivity index (χ4n) is 3.00. The summed E-state index contributed by atoms with van der Waals surface area (Å²) in [6.07, 6.45) is 9.83. The third kappa shape index (κ3) is 3.56. The van der Waals surface area contributed by atoms with Crippen LogP contribution >= 0.6 is 0 Å². The van der Waals surface area contributed by atoms with Gasteiger partial charge in [0.05, 0.1) is 6.04 Å². The number of allylic oxidation sites excluding steroid dienone is 2. The molecule has 0 saturated carbocycles. The predicted octanol–water partition coefficient (Wildman–Crippen LogP) is 6.01. The fraction of sp³-hybridized carbons (Fsp3) is 0.273. The van der Waals surface area contributed by atoms with Crippen molar-refractivity contribution in [3.05, 3.63) is 84.5 Å². The quantitative estimate of drug-likeness (QED) is 0.671. The van der Waals surface area contributed by atoms with Gasteiger partial charge < -0.3 is 4.90 Å². The second-order valence-electron chi connectivity index (χ2n) is 7.12. The summed E-state index contributed by atoms with van der Waals surface area (Å²) in [6, 6.07) is 20.0. The third-order valence-electron chi connectivity index (χ3n) is 4.34. The molecule has 1 aliphatic rings. The standard InChI is InChI=1S/C22H25N/c1-22(2,3)18-14-16-21(17-15-18)23(19-10-6-4-7-11-19)20-12-8-5-9-13-20/h4-12,14-17,20H,13H2,1-3H3. The van der Waals surface area contributed by atoms with Crippen LogP contribution in [-0.4, -0.2) is 6.04 Å². The number of rotatable bonds is 3. The van der Waals surface area contributed by atoms with Gasteiger partial charge in [-0.2, -0.15) is 0 Å². The SMILES string of the molecule is CC(C)(C)c1ccc(N(c2ccccc2)C2C=CC=CC2)cc1. The Balaban J connectivity index is 1.98. The molecule has 0 saturated heterocycles. The van der Waals surface area contributed by atoms with E-state index < -0.39 is 0 Å². The molecule has 0 spiro atoms. The summed E-state index contributed by atoms with van der Waals surface area (Å²) in [4.78, 5) is 2.42. The molecule has 2 aromatic carbocycles. The molecule has 0 heterocycles. The molecule has 2 aromatic rings.